The van der Waals surface area contributed by atoms with E-state index in [0.717, 1.165) is 17.2 Å². The maximum absolute atomic E-state index is 5.73. The van der Waals surface area contributed by atoms with E-state index in [1.807, 2.05) is 53.2 Å². The largest absolute Gasteiger partial charge is 0.457 e. The van der Waals surface area contributed by atoms with Crippen molar-refractivity contribution in [2.24, 2.45) is 0 Å². The van der Waals surface area contributed by atoms with Crippen molar-refractivity contribution in [2.45, 2.75) is 0 Å². The molecule has 0 amide bonds. The van der Waals surface area contributed by atoms with E-state index in [4.69, 9.17) is 10.5 Å². The minimum absolute atomic E-state index is 0.688. The molecule has 0 unspecified atom stereocenters. The summed E-state index contributed by atoms with van der Waals surface area (Å²) >= 11 is 0. The van der Waals surface area contributed by atoms with Crippen molar-refractivity contribution in [1.82, 2.24) is 9.55 Å². The highest BCUT2D eigenvalue weighted by Crippen LogP contribution is 2.23. The van der Waals surface area contributed by atoms with Crippen molar-refractivity contribution < 1.29 is 4.74 Å². The molecule has 0 saturated heterocycles. The topological polar surface area (TPSA) is 53.1 Å². The van der Waals surface area contributed by atoms with Gasteiger partial charge in [0.15, 0.2) is 0 Å². The van der Waals surface area contributed by atoms with Gasteiger partial charge in [-0.2, -0.15) is 0 Å². The summed E-state index contributed by atoms with van der Waals surface area (Å²) in [7, 11) is 0. The average Bonchev–Trinajstić information content (AvgIpc) is 2.94. The van der Waals surface area contributed by atoms with Gasteiger partial charge in [-0.1, -0.05) is 6.07 Å². The van der Waals surface area contributed by atoms with Gasteiger partial charge in [0, 0.05) is 29.8 Å². The molecule has 4 heteroatoms. The summed E-state index contributed by atoms with van der Waals surface area (Å²) in [6, 6.07) is 15.1. The minimum atomic E-state index is 0.688. The van der Waals surface area contributed by atoms with E-state index in [9.17, 15) is 0 Å². The molecule has 0 aliphatic rings. The number of hydrogen-bond donors (Lipinski definition) is 1. The zero-order chi connectivity index (χ0) is 13.1. The molecule has 94 valence electrons. The van der Waals surface area contributed by atoms with Gasteiger partial charge in [-0.15, -0.1) is 0 Å². The summed E-state index contributed by atoms with van der Waals surface area (Å²) in [4.78, 5) is 4.02. The van der Waals surface area contributed by atoms with Gasteiger partial charge >= 0.3 is 0 Å². The van der Waals surface area contributed by atoms with Gasteiger partial charge < -0.3 is 15.0 Å². The lowest BCUT2D eigenvalue weighted by Crippen LogP contribution is -1.90. The van der Waals surface area contributed by atoms with E-state index < -0.39 is 0 Å². The molecule has 0 saturated carbocycles. The Balaban J connectivity index is 1.80. The Labute approximate surface area is 111 Å². The number of benzene rings is 2. The second-order valence-corrected chi connectivity index (χ2v) is 4.14. The molecule has 0 radical (unpaired) electrons. The Morgan fingerprint density at radius 3 is 2.53 bits per heavy atom. The molecule has 0 fully saturated rings. The van der Waals surface area contributed by atoms with Crippen molar-refractivity contribution in [3.63, 3.8) is 0 Å². The van der Waals surface area contributed by atoms with Crippen molar-refractivity contribution in [3.8, 4) is 17.2 Å². The molecule has 1 aromatic heterocycles. The number of imidazole rings is 1. The average molecular weight is 251 g/mol. The third kappa shape index (κ3) is 2.57. The zero-order valence-corrected chi connectivity index (χ0v) is 10.2. The van der Waals surface area contributed by atoms with E-state index in [-0.39, 0.29) is 0 Å². The first-order valence-corrected chi connectivity index (χ1v) is 5.93. The molecule has 1 heterocycles. The summed E-state index contributed by atoms with van der Waals surface area (Å²) in [5.74, 6) is 1.50. The fraction of sp³-hybridized carbons (Fsp3) is 0. The normalized spacial score (nSPS) is 10.3. The van der Waals surface area contributed by atoms with Gasteiger partial charge in [0.25, 0.3) is 0 Å². The lowest BCUT2D eigenvalue weighted by Gasteiger charge is -2.07. The quantitative estimate of drug-likeness (QED) is 0.727. The van der Waals surface area contributed by atoms with Crippen LogP contribution in [0.15, 0.2) is 67.3 Å². The van der Waals surface area contributed by atoms with Crippen LogP contribution in [0.25, 0.3) is 5.69 Å². The maximum atomic E-state index is 5.73. The maximum Gasteiger partial charge on any atom is 0.129 e. The fourth-order valence-corrected chi connectivity index (χ4v) is 1.81. The van der Waals surface area contributed by atoms with E-state index in [1.54, 1.807) is 18.6 Å². The first-order valence-electron chi connectivity index (χ1n) is 5.93. The van der Waals surface area contributed by atoms with Gasteiger partial charge in [0.1, 0.15) is 11.5 Å². The molecule has 2 aromatic carbocycles. The molecule has 0 bridgehead atoms. The van der Waals surface area contributed by atoms with Crippen LogP contribution in [-0.2, 0) is 0 Å². The van der Waals surface area contributed by atoms with Gasteiger partial charge in [0.2, 0.25) is 0 Å². The predicted molar refractivity (Wildman–Crippen MR) is 74.5 cm³/mol. The van der Waals surface area contributed by atoms with E-state index in [1.165, 1.54) is 0 Å². The number of rotatable bonds is 3. The molecule has 19 heavy (non-hydrogen) atoms. The molecule has 3 rings (SSSR count). The second kappa shape index (κ2) is 4.86. The van der Waals surface area contributed by atoms with Crippen LogP contribution in [0.4, 0.5) is 5.69 Å². The second-order valence-electron chi connectivity index (χ2n) is 4.14. The van der Waals surface area contributed by atoms with Crippen LogP contribution in [0, 0.1) is 0 Å². The Kier molecular flexibility index (Phi) is 2.90. The summed E-state index contributed by atoms with van der Waals surface area (Å²) in [6.45, 7) is 0. The number of nitrogens with zero attached hydrogens (tertiary/aromatic N) is 2. The lowest BCUT2D eigenvalue weighted by molar-refractivity contribution is 0.483. The molecule has 4 nitrogen and oxygen atoms in total. The highest BCUT2D eigenvalue weighted by molar-refractivity contribution is 5.46. The van der Waals surface area contributed by atoms with Crippen LogP contribution in [-0.4, -0.2) is 9.55 Å². The minimum Gasteiger partial charge on any atom is -0.457 e. The lowest BCUT2D eigenvalue weighted by atomic mass is 10.3. The van der Waals surface area contributed by atoms with Crippen LogP contribution in [0.5, 0.6) is 11.5 Å². The van der Waals surface area contributed by atoms with Gasteiger partial charge in [-0.25, -0.2) is 4.98 Å². The Bertz CT molecular complexity index is 660. The Morgan fingerprint density at radius 2 is 1.84 bits per heavy atom. The van der Waals surface area contributed by atoms with Crippen molar-refractivity contribution in [2.75, 3.05) is 5.73 Å². The number of nitrogen functional groups attached to an aromatic ring is 1. The highest BCUT2D eigenvalue weighted by atomic mass is 16.5. The van der Waals surface area contributed by atoms with Crippen molar-refractivity contribution in [3.05, 3.63) is 67.3 Å². The monoisotopic (exact) mass is 251 g/mol. The number of ether oxygens (including phenoxy) is 1. The van der Waals surface area contributed by atoms with Crippen molar-refractivity contribution >= 4 is 5.69 Å². The molecule has 0 spiro atoms. The molecule has 2 N–H and O–H groups in total. The van der Waals surface area contributed by atoms with Crippen LogP contribution < -0.4 is 10.5 Å². The summed E-state index contributed by atoms with van der Waals surface area (Å²) in [5, 5.41) is 0. The van der Waals surface area contributed by atoms with Crippen LogP contribution >= 0.6 is 0 Å². The third-order valence-electron chi connectivity index (χ3n) is 2.73. The van der Waals surface area contributed by atoms with Gasteiger partial charge in [0.05, 0.1) is 6.33 Å². The highest BCUT2D eigenvalue weighted by Gasteiger charge is 1.99. The number of nitrogens with two attached hydrogens (primary N) is 1. The Morgan fingerprint density at radius 1 is 1.00 bits per heavy atom. The van der Waals surface area contributed by atoms with Gasteiger partial charge in [-0.3, -0.25) is 0 Å². The summed E-state index contributed by atoms with van der Waals surface area (Å²) < 4.78 is 7.66. The number of aromatic nitrogens is 2. The summed E-state index contributed by atoms with van der Waals surface area (Å²) in [6.07, 6.45) is 5.40. The van der Waals surface area contributed by atoms with E-state index in [0.29, 0.717) is 5.69 Å². The molecule has 3 aromatic rings. The fourth-order valence-electron chi connectivity index (χ4n) is 1.81. The first-order chi connectivity index (χ1) is 9.31. The molecule has 0 aliphatic carbocycles. The standard InChI is InChI=1S/C15H13N3O/c16-12-2-1-3-15(10-12)19-14-6-4-13(5-7-14)18-9-8-17-11-18/h1-11H,16H2. The molecular weight excluding hydrogens is 238 g/mol. The zero-order valence-electron chi connectivity index (χ0n) is 10.2. The first kappa shape index (κ1) is 11.3. The SMILES string of the molecule is Nc1cccc(Oc2ccc(-n3ccnc3)cc2)c1. The number of hydrogen-bond acceptors (Lipinski definition) is 3. The molecular formula is C15H13N3O. The summed E-state index contributed by atoms with van der Waals surface area (Å²) in [5.41, 5.74) is 7.44. The smallest absolute Gasteiger partial charge is 0.129 e. The van der Waals surface area contributed by atoms with Crippen molar-refractivity contribution in [1.29, 1.82) is 0 Å². The number of anilines is 1. The van der Waals surface area contributed by atoms with E-state index in [2.05, 4.69) is 4.98 Å². The van der Waals surface area contributed by atoms with Crippen LogP contribution in [0.3, 0.4) is 0 Å². The van der Waals surface area contributed by atoms with E-state index >= 15 is 0 Å². The predicted octanol–water partition coefficient (Wildman–Crippen LogP) is 3.25. The van der Waals surface area contributed by atoms with Gasteiger partial charge in [-0.05, 0) is 36.4 Å². The molecule has 0 atom stereocenters. The van der Waals surface area contributed by atoms with Crippen LogP contribution in [0.1, 0.15) is 0 Å². The molecule has 0 aliphatic heterocycles. The Hall–Kier alpha value is -2.75. The van der Waals surface area contributed by atoms with Crippen LogP contribution in [0.2, 0.25) is 0 Å². The third-order valence-corrected chi connectivity index (χ3v) is 2.73.